The number of halogens is 1. The molecule has 0 radical (unpaired) electrons. The highest BCUT2D eigenvalue weighted by molar-refractivity contribution is 9.10. The van der Waals surface area contributed by atoms with Gasteiger partial charge in [0.05, 0.1) is 6.61 Å². The molecule has 0 bridgehead atoms. The van der Waals surface area contributed by atoms with E-state index in [1.54, 1.807) is 6.92 Å². The fourth-order valence-corrected chi connectivity index (χ4v) is 1.23. The average molecular weight is 263 g/mol. The minimum atomic E-state index is -0.753. The van der Waals surface area contributed by atoms with E-state index in [2.05, 4.69) is 20.7 Å². The van der Waals surface area contributed by atoms with Gasteiger partial charge in [0, 0.05) is 0 Å². The summed E-state index contributed by atoms with van der Waals surface area (Å²) in [7, 11) is 0. The van der Waals surface area contributed by atoms with Crippen molar-refractivity contribution in [1.29, 1.82) is 0 Å². The maximum Gasteiger partial charge on any atom is 0.375 e. The summed E-state index contributed by atoms with van der Waals surface area (Å²) in [4.78, 5) is 22.3. The predicted octanol–water partition coefficient (Wildman–Crippen LogP) is 1.28. The summed E-state index contributed by atoms with van der Waals surface area (Å²) in [5, 5.41) is 8.95. The molecule has 0 aliphatic heterocycles. The van der Waals surface area contributed by atoms with Crippen molar-refractivity contribution in [3.05, 3.63) is 26.7 Å². The van der Waals surface area contributed by atoms with Crippen molar-refractivity contribution < 1.29 is 19.1 Å². The van der Waals surface area contributed by atoms with Gasteiger partial charge in [-0.05, 0) is 22.9 Å². The fraction of sp³-hybridized carbons (Fsp3) is 0.250. The molecule has 1 aromatic rings. The van der Waals surface area contributed by atoms with Gasteiger partial charge in [-0.25, -0.2) is 4.79 Å². The van der Waals surface area contributed by atoms with E-state index in [1.165, 1.54) is 0 Å². The Labute approximate surface area is 87.4 Å². The van der Waals surface area contributed by atoms with E-state index >= 15 is 0 Å². The zero-order valence-electron chi connectivity index (χ0n) is 7.24. The van der Waals surface area contributed by atoms with Crippen molar-refractivity contribution in [3.63, 3.8) is 0 Å². The predicted molar refractivity (Wildman–Crippen MR) is 50.3 cm³/mol. The zero-order chi connectivity index (χ0) is 10.7. The van der Waals surface area contributed by atoms with Crippen LogP contribution in [0, 0.1) is 0 Å². The summed E-state index contributed by atoms with van der Waals surface area (Å²) in [6.07, 6.45) is 0.791. The first-order chi connectivity index (χ1) is 6.57. The highest BCUT2D eigenvalue weighted by Gasteiger charge is 2.18. The normalized spacial score (nSPS) is 9.86. The van der Waals surface area contributed by atoms with Crippen LogP contribution in [0.4, 0.5) is 0 Å². The molecule has 1 rings (SSSR count). The lowest BCUT2D eigenvalue weighted by Crippen LogP contribution is -2.11. The molecule has 0 aliphatic carbocycles. The van der Waals surface area contributed by atoms with Crippen molar-refractivity contribution >= 4 is 21.9 Å². The summed E-state index contributed by atoms with van der Waals surface area (Å²) >= 11 is 2.83. The molecule has 1 heterocycles. The lowest BCUT2D eigenvalue weighted by Gasteiger charge is -2.02. The van der Waals surface area contributed by atoms with Crippen molar-refractivity contribution in [3.8, 4) is 5.75 Å². The van der Waals surface area contributed by atoms with Crippen molar-refractivity contribution in [2.75, 3.05) is 6.61 Å². The van der Waals surface area contributed by atoms with Crippen LogP contribution in [0.15, 0.2) is 19.9 Å². The molecule has 76 valence electrons. The van der Waals surface area contributed by atoms with Crippen LogP contribution in [0.25, 0.3) is 0 Å². The van der Waals surface area contributed by atoms with Crippen molar-refractivity contribution in [1.82, 2.24) is 0 Å². The highest BCUT2D eigenvalue weighted by atomic mass is 79.9. The molecule has 0 unspecified atom stereocenters. The smallest absolute Gasteiger partial charge is 0.375 e. The first-order valence-corrected chi connectivity index (χ1v) is 4.54. The van der Waals surface area contributed by atoms with Gasteiger partial charge in [0.1, 0.15) is 10.7 Å². The largest absolute Gasteiger partial charge is 0.502 e. The zero-order valence-corrected chi connectivity index (χ0v) is 8.83. The second-order valence-corrected chi connectivity index (χ2v) is 3.11. The number of ether oxygens (including phenoxy) is 1. The van der Waals surface area contributed by atoms with Gasteiger partial charge in [0.2, 0.25) is 16.9 Å². The molecule has 0 aromatic carbocycles. The molecule has 0 atom stereocenters. The van der Waals surface area contributed by atoms with Crippen LogP contribution < -0.4 is 5.43 Å². The summed E-state index contributed by atoms with van der Waals surface area (Å²) in [6, 6.07) is 0. The highest BCUT2D eigenvalue weighted by Crippen LogP contribution is 2.16. The number of hydrogen-bond donors (Lipinski definition) is 1. The number of esters is 1. The molecule has 0 saturated heterocycles. The molecule has 0 aliphatic rings. The van der Waals surface area contributed by atoms with Crippen molar-refractivity contribution in [2.24, 2.45) is 0 Å². The molecule has 1 aromatic heterocycles. The topological polar surface area (TPSA) is 76.7 Å². The molecule has 0 amide bonds. The van der Waals surface area contributed by atoms with Crippen LogP contribution in [0.3, 0.4) is 0 Å². The van der Waals surface area contributed by atoms with Gasteiger partial charge in [-0.2, -0.15) is 0 Å². The Hall–Kier alpha value is -1.30. The Bertz CT molecular complexity index is 409. The van der Waals surface area contributed by atoms with E-state index in [0.717, 1.165) is 6.26 Å². The molecule has 14 heavy (non-hydrogen) atoms. The van der Waals surface area contributed by atoms with E-state index in [1.807, 2.05) is 0 Å². The third-order valence-corrected chi connectivity index (χ3v) is 2.10. The van der Waals surface area contributed by atoms with Gasteiger partial charge < -0.3 is 14.3 Å². The third-order valence-electron chi connectivity index (χ3n) is 1.38. The molecule has 0 spiro atoms. The van der Waals surface area contributed by atoms with E-state index in [-0.39, 0.29) is 16.8 Å². The minimum absolute atomic E-state index is 0.143. The number of carbonyl (C=O) groups excluding carboxylic acids is 1. The lowest BCUT2D eigenvalue weighted by molar-refractivity contribution is 0.0484. The Kier molecular flexibility index (Phi) is 3.29. The molecule has 5 nitrogen and oxygen atoms in total. The number of rotatable bonds is 2. The third kappa shape index (κ3) is 1.95. The van der Waals surface area contributed by atoms with Crippen LogP contribution in [-0.4, -0.2) is 17.7 Å². The van der Waals surface area contributed by atoms with Crippen molar-refractivity contribution in [2.45, 2.75) is 6.92 Å². The first kappa shape index (κ1) is 10.8. The maximum absolute atomic E-state index is 11.2. The van der Waals surface area contributed by atoms with Gasteiger partial charge in [-0.1, -0.05) is 0 Å². The van der Waals surface area contributed by atoms with Gasteiger partial charge >= 0.3 is 5.97 Å². The van der Waals surface area contributed by atoms with Gasteiger partial charge in [-0.3, -0.25) is 4.79 Å². The van der Waals surface area contributed by atoms with Crippen LogP contribution >= 0.6 is 15.9 Å². The van der Waals surface area contributed by atoms with E-state index in [0.29, 0.717) is 0 Å². The maximum atomic E-state index is 11.2. The number of carbonyl (C=O) groups is 1. The Morgan fingerprint density at radius 2 is 2.36 bits per heavy atom. The number of hydrogen-bond acceptors (Lipinski definition) is 5. The van der Waals surface area contributed by atoms with Crippen LogP contribution in [0.5, 0.6) is 5.75 Å². The second kappa shape index (κ2) is 4.28. The molecule has 0 fully saturated rings. The average Bonchev–Trinajstić information content (AvgIpc) is 2.15. The Balaban J connectivity index is 3.18. The molecule has 1 N–H and O–H groups in total. The molecule has 6 heteroatoms. The van der Waals surface area contributed by atoms with Gasteiger partial charge in [-0.15, -0.1) is 0 Å². The molecule has 0 saturated carbocycles. The van der Waals surface area contributed by atoms with Crippen LogP contribution in [-0.2, 0) is 4.74 Å². The van der Waals surface area contributed by atoms with E-state index < -0.39 is 17.1 Å². The Morgan fingerprint density at radius 1 is 1.71 bits per heavy atom. The van der Waals surface area contributed by atoms with Gasteiger partial charge in [0.25, 0.3) is 0 Å². The number of aromatic hydroxyl groups is 1. The van der Waals surface area contributed by atoms with E-state index in [4.69, 9.17) is 9.52 Å². The van der Waals surface area contributed by atoms with Crippen LogP contribution in [0.1, 0.15) is 17.5 Å². The Morgan fingerprint density at radius 3 is 2.93 bits per heavy atom. The summed E-state index contributed by atoms with van der Waals surface area (Å²) in [6.45, 7) is 1.81. The van der Waals surface area contributed by atoms with Crippen LogP contribution in [0.2, 0.25) is 0 Å². The minimum Gasteiger partial charge on any atom is -0.502 e. The lowest BCUT2D eigenvalue weighted by atomic mass is 10.4. The molecular formula is C8H7BrO5. The first-order valence-electron chi connectivity index (χ1n) is 3.75. The van der Waals surface area contributed by atoms with Gasteiger partial charge in [0.15, 0.2) is 0 Å². The summed E-state index contributed by atoms with van der Waals surface area (Å²) < 4.78 is 9.19. The van der Waals surface area contributed by atoms with E-state index in [9.17, 15) is 9.59 Å². The molecular weight excluding hydrogens is 256 g/mol. The fourth-order valence-electron chi connectivity index (χ4n) is 0.770. The monoisotopic (exact) mass is 262 g/mol. The standard InChI is InChI=1S/C8H7BrO5/c1-2-13-8(12)7-5(9)6(11)4(10)3-14-7/h3,10H,2H2,1H3. The quantitative estimate of drug-likeness (QED) is 0.813. The SMILES string of the molecule is CCOC(=O)c1occ(O)c(=O)c1Br. The second-order valence-electron chi connectivity index (χ2n) is 2.31. The summed E-state index contributed by atoms with van der Waals surface area (Å²) in [5.41, 5.74) is -0.709. The summed E-state index contributed by atoms with van der Waals surface area (Å²) in [5.74, 6) is -1.57.